The number of hydrogen-bond acceptors (Lipinski definition) is 4. The molecule has 1 aromatic heterocycles. The number of unbranched alkanes of at least 4 members (excludes halogenated alkanes) is 1. The van der Waals surface area contributed by atoms with Crippen LogP contribution in [0.3, 0.4) is 0 Å². The number of nitrogens with zero attached hydrogens (tertiary/aromatic N) is 2. The first-order chi connectivity index (χ1) is 7.79. The van der Waals surface area contributed by atoms with Gasteiger partial charge in [0.25, 0.3) is 0 Å². The standard InChI is InChI=1S/C12H21N3O/c1-4-6-8-16-12-10(3)11(13-7-5-2)14-9-15-12/h9H,4-8H2,1-3H3,(H,13,14,15). The van der Waals surface area contributed by atoms with E-state index in [1.54, 1.807) is 6.33 Å². The highest BCUT2D eigenvalue weighted by Gasteiger charge is 2.06. The lowest BCUT2D eigenvalue weighted by molar-refractivity contribution is 0.295. The van der Waals surface area contributed by atoms with Crippen molar-refractivity contribution in [1.29, 1.82) is 0 Å². The van der Waals surface area contributed by atoms with Crippen LogP contribution in [-0.4, -0.2) is 23.1 Å². The average molecular weight is 223 g/mol. The van der Waals surface area contributed by atoms with Gasteiger partial charge in [0.1, 0.15) is 12.1 Å². The molecule has 1 rings (SSSR count). The van der Waals surface area contributed by atoms with Crippen molar-refractivity contribution in [3.63, 3.8) is 0 Å². The quantitative estimate of drug-likeness (QED) is 0.722. The largest absolute Gasteiger partial charge is 0.477 e. The zero-order chi connectivity index (χ0) is 11.8. The van der Waals surface area contributed by atoms with Crippen LogP contribution in [0.1, 0.15) is 38.7 Å². The van der Waals surface area contributed by atoms with Gasteiger partial charge in [-0.3, -0.25) is 0 Å². The second kappa shape index (κ2) is 7.04. The Morgan fingerprint density at radius 2 is 2.06 bits per heavy atom. The maximum Gasteiger partial charge on any atom is 0.221 e. The number of nitrogens with one attached hydrogen (secondary N) is 1. The van der Waals surface area contributed by atoms with Gasteiger partial charge in [-0.2, -0.15) is 0 Å². The minimum atomic E-state index is 0.696. The second-order valence-corrected chi connectivity index (χ2v) is 3.78. The van der Waals surface area contributed by atoms with E-state index in [9.17, 15) is 0 Å². The summed E-state index contributed by atoms with van der Waals surface area (Å²) in [5.74, 6) is 1.57. The Bertz CT molecular complexity index is 315. The third kappa shape index (κ3) is 3.68. The van der Waals surface area contributed by atoms with Crippen molar-refractivity contribution < 1.29 is 4.74 Å². The Morgan fingerprint density at radius 3 is 2.75 bits per heavy atom. The van der Waals surface area contributed by atoms with E-state index in [0.717, 1.165) is 43.8 Å². The summed E-state index contributed by atoms with van der Waals surface area (Å²) in [4.78, 5) is 8.35. The van der Waals surface area contributed by atoms with Crippen molar-refractivity contribution in [2.75, 3.05) is 18.5 Å². The Labute approximate surface area is 97.5 Å². The molecule has 4 heteroatoms. The molecular formula is C12H21N3O. The molecular weight excluding hydrogens is 202 g/mol. The molecule has 0 atom stereocenters. The summed E-state index contributed by atoms with van der Waals surface area (Å²) in [5.41, 5.74) is 0.993. The van der Waals surface area contributed by atoms with Gasteiger partial charge in [0.2, 0.25) is 5.88 Å². The maximum atomic E-state index is 5.61. The Hall–Kier alpha value is -1.32. The first kappa shape index (κ1) is 12.7. The van der Waals surface area contributed by atoms with Gasteiger partial charge in [0, 0.05) is 6.54 Å². The lowest BCUT2D eigenvalue weighted by Gasteiger charge is -2.11. The third-order valence-corrected chi connectivity index (χ3v) is 2.32. The van der Waals surface area contributed by atoms with Gasteiger partial charge in [0.15, 0.2) is 0 Å². The van der Waals surface area contributed by atoms with E-state index in [2.05, 4.69) is 29.1 Å². The van der Waals surface area contributed by atoms with Crippen LogP contribution in [0, 0.1) is 6.92 Å². The van der Waals surface area contributed by atoms with Gasteiger partial charge < -0.3 is 10.1 Å². The SMILES string of the molecule is CCCCOc1ncnc(NCCC)c1C. The highest BCUT2D eigenvalue weighted by molar-refractivity contribution is 5.47. The number of rotatable bonds is 7. The maximum absolute atomic E-state index is 5.61. The molecule has 0 aliphatic heterocycles. The summed E-state index contributed by atoms with van der Waals surface area (Å²) < 4.78 is 5.61. The van der Waals surface area contributed by atoms with Gasteiger partial charge >= 0.3 is 0 Å². The summed E-state index contributed by atoms with van der Waals surface area (Å²) in [6.45, 7) is 7.90. The van der Waals surface area contributed by atoms with Crippen LogP contribution in [0.25, 0.3) is 0 Å². The average Bonchev–Trinajstić information content (AvgIpc) is 2.30. The number of anilines is 1. The zero-order valence-electron chi connectivity index (χ0n) is 10.4. The van der Waals surface area contributed by atoms with E-state index in [1.807, 2.05) is 6.92 Å². The first-order valence-corrected chi connectivity index (χ1v) is 5.97. The zero-order valence-corrected chi connectivity index (χ0v) is 10.4. The topological polar surface area (TPSA) is 47.0 Å². The Balaban J connectivity index is 2.62. The molecule has 1 aromatic rings. The lowest BCUT2D eigenvalue weighted by atomic mass is 10.3. The van der Waals surface area contributed by atoms with Gasteiger partial charge in [-0.25, -0.2) is 9.97 Å². The number of hydrogen-bond donors (Lipinski definition) is 1. The molecule has 0 bridgehead atoms. The van der Waals surface area contributed by atoms with Gasteiger partial charge in [-0.15, -0.1) is 0 Å². The molecule has 16 heavy (non-hydrogen) atoms. The molecule has 1 N–H and O–H groups in total. The number of ether oxygens (including phenoxy) is 1. The van der Waals surface area contributed by atoms with Crippen molar-refractivity contribution in [3.05, 3.63) is 11.9 Å². The fraction of sp³-hybridized carbons (Fsp3) is 0.667. The van der Waals surface area contributed by atoms with E-state index in [4.69, 9.17) is 4.74 Å². The van der Waals surface area contributed by atoms with E-state index in [0.29, 0.717) is 5.88 Å². The van der Waals surface area contributed by atoms with E-state index in [1.165, 1.54) is 0 Å². The summed E-state index contributed by atoms with van der Waals surface area (Å²) in [6, 6.07) is 0. The fourth-order valence-corrected chi connectivity index (χ4v) is 1.31. The molecule has 0 aliphatic rings. The molecule has 0 radical (unpaired) electrons. The molecule has 0 aromatic carbocycles. The predicted molar refractivity (Wildman–Crippen MR) is 66.0 cm³/mol. The van der Waals surface area contributed by atoms with E-state index in [-0.39, 0.29) is 0 Å². The van der Waals surface area contributed by atoms with Crippen molar-refractivity contribution in [1.82, 2.24) is 9.97 Å². The Kier molecular flexibility index (Phi) is 5.61. The molecule has 1 heterocycles. The third-order valence-electron chi connectivity index (χ3n) is 2.32. The monoisotopic (exact) mass is 223 g/mol. The smallest absolute Gasteiger partial charge is 0.221 e. The van der Waals surface area contributed by atoms with Crippen molar-refractivity contribution in [2.45, 2.75) is 40.0 Å². The summed E-state index contributed by atoms with van der Waals surface area (Å²) in [6.07, 6.45) is 4.81. The van der Waals surface area contributed by atoms with Crippen molar-refractivity contribution in [3.8, 4) is 5.88 Å². The van der Waals surface area contributed by atoms with Crippen LogP contribution in [0.5, 0.6) is 5.88 Å². The minimum absolute atomic E-state index is 0.696. The molecule has 90 valence electrons. The molecule has 0 aliphatic carbocycles. The predicted octanol–water partition coefficient (Wildman–Crippen LogP) is 2.79. The fourth-order valence-electron chi connectivity index (χ4n) is 1.31. The van der Waals surface area contributed by atoms with Crippen molar-refractivity contribution in [2.24, 2.45) is 0 Å². The minimum Gasteiger partial charge on any atom is -0.477 e. The normalized spacial score (nSPS) is 10.2. The molecule has 4 nitrogen and oxygen atoms in total. The molecule has 0 saturated carbocycles. The number of aromatic nitrogens is 2. The summed E-state index contributed by atoms with van der Waals surface area (Å²) >= 11 is 0. The lowest BCUT2D eigenvalue weighted by Crippen LogP contribution is -2.07. The Morgan fingerprint density at radius 1 is 1.25 bits per heavy atom. The molecule has 0 spiro atoms. The summed E-state index contributed by atoms with van der Waals surface area (Å²) in [7, 11) is 0. The van der Waals surface area contributed by atoms with Crippen LogP contribution in [-0.2, 0) is 0 Å². The molecule has 0 fully saturated rings. The molecule has 0 amide bonds. The van der Waals surface area contributed by atoms with Gasteiger partial charge in [-0.1, -0.05) is 20.3 Å². The first-order valence-electron chi connectivity index (χ1n) is 5.97. The van der Waals surface area contributed by atoms with E-state index < -0.39 is 0 Å². The van der Waals surface area contributed by atoms with Crippen LogP contribution >= 0.6 is 0 Å². The van der Waals surface area contributed by atoms with Crippen LogP contribution in [0.2, 0.25) is 0 Å². The van der Waals surface area contributed by atoms with Crippen LogP contribution in [0.15, 0.2) is 6.33 Å². The van der Waals surface area contributed by atoms with Gasteiger partial charge in [-0.05, 0) is 19.8 Å². The molecule has 0 unspecified atom stereocenters. The second-order valence-electron chi connectivity index (χ2n) is 3.78. The molecule has 0 saturated heterocycles. The summed E-state index contributed by atoms with van der Waals surface area (Å²) in [5, 5.41) is 3.26. The van der Waals surface area contributed by atoms with Crippen LogP contribution < -0.4 is 10.1 Å². The highest BCUT2D eigenvalue weighted by atomic mass is 16.5. The van der Waals surface area contributed by atoms with Crippen LogP contribution in [0.4, 0.5) is 5.82 Å². The van der Waals surface area contributed by atoms with Crippen molar-refractivity contribution >= 4 is 5.82 Å². The van der Waals surface area contributed by atoms with Gasteiger partial charge in [0.05, 0.1) is 12.2 Å². The van der Waals surface area contributed by atoms with E-state index >= 15 is 0 Å². The highest BCUT2D eigenvalue weighted by Crippen LogP contribution is 2.20.